The van der Waals surface area contributed by atoms with E-state index in [-0.39, 0.29) is 12.1 Å². The van der Waals surface area contributed by atoms with Gasteiger partial charge in [-0.25, -0.2) is 0 Å². The maximum Gasteiger partial charge on any atom is 0.119 e. The number of ether oxygens (including phenoxy) is 1. The van der Waals surface area contributed by atoms with Crippen LogP contribution in [-0.4, -0.2) is 12.6 Å². The molecule has 0 saturated carbocycles. The van der Waals surface area contributed by atoms with Gasteiger partial charge in [0.25, 0.3) is 0 Å². The predicted octanol–water partition coefficient (Wildman–Crippen LogP) is 4.94. The highest BCUT2D eigenvalue weighted by atomic mass is 79.9. The van der Waals surface area contributed by atoms with Crippen molar-refractivity contribution < 1.29 is 4.74 Å². The minimum atomic E-state index is 0.195. The topological polar surface area (TPSA) is 21.3 Å². The summed E-state index contributed by atoms with van der Waals surface area (Å²) in [5.41, 5.74) is 2.50. The van der Waals surface area contributed by atoms with E-state index in [4.69, 9.17) is 4.74 Å². The SMILES string of the molecule is CCNC(c1ccc(OC(C)C)cc1)c1cccc(Br)c1. The van der Waals surface area contributed by atoms with Crippen LogP contribution in [0, 0.1) is 0 Å². The fourth-order valence-corrected chi connectivity index (χ4v) is 2.75. The number of benzene rings is 2. The lowest BCUT2D eigenvalue weighted by Crippen LogP contribution is -2.22. The zero-order valence-corrected chi connectivity index (χ0v) is 14.4. The van der Waals surface area contributed by atoms with Gasteiger partial charge >= 0.3 is 0 Å². The molecule has 1 atom stereocenters. The van der Waals surface area contributed by atoms with Crippen molar-refractivity contribution in [2.75, 3.05) is 6.54 Å². The highest BCUT2D eigenvalue weighted by Crippen LogP contribution is 2.26. The molecular weight excluding hydrogens is 326 g/mol. The summed E-state index contributed by atoms with van der Waals surface area (Å²) in [6.45, 7) is 7.12. The zero-order valence-electron chi connectivity index (χ0n) is 12.8. The van der Waals surface area contributed by atoms with Crippen molar-refractivity contribution in [3.8, 4) is 5.75 Å². The first kappa shape index (κ1) is 16.1. The van der Waals surface area contributed by atoms with Gasteiger partial charge in [-0.3, -0.25) is 0 Å². The molecule has 1 unspecified atom stereocenters. The van der Waals surface area contributed by atoms with Gasteiger partial charge in [-0.05, 0) is 55.8 Å². The number of hydrogen-bond acceptors (Lipinski definition) is 2. The predicted molar refractivity (Wildman–Crippen MR) is 91.9 cm³/mol. The molecule has 2 aromatic rings. The van der Waals surface area contributed by atoms with E-state index in [1.54, 1.807) is 0 Å². The van der Waals surface area contributed by atoms with E-state index in [9.17, 15) is 0 Å². The maximum atomic E-state index is 5.71. The minimum absolute atomic E-state index is 0.195. The van der Waals surface area contributed by atoms with E-state index in [0.29, 0.717) is 0 Å². The van der Waals surface area contributed by atoms with Gasteiger partial charge in [-0.2, -0.15) is 0 Å². The fourth-order valence-electron chi connectivity index (χ4n) is 2.33. The Hall–Kier alpha value is -1.32. The van der Waals surface area contributed by atoms with Crippen LogP contribution in [0.4, 0.5) is 0 Å². The monoisotopic (exact) mass is 347 g/mol. The van der Waals surface area contributed by atoms with Crippen molar-refractivity contribution in [2.45, 2.75) is 32.9 Å². The summed E-state index contributed by atoms with van der Waals surface area (Å²) in [6, 6.07) is 17.0. The molecule has 0 fully saturated rings. The van der Waals surface area contributed by atoms with Crippen molar-refractivity contribution >= 4 is 15.9 Å². The first-order valence-corrected chi connectivity index (χ1v) is 8.15. The lowest BCUT2D eigenvalue weighted by atomic mass is 9.98. The minimum Gasteiger partial charge on any atom is -0.491 e. The molecule has 21 heavy (non-hydrogen) atoms. The first-order chi connectivity index (χ1) is 10.1. The van der Waals surface area contributed by atoms with Crippen molar-refractivity contribution in [2.24, 2.45) is 0 Å². The van der Waals surface area contributed by atoms with E-state index in [0.717, 1.165) is 16.8 Å². The highest BCUT2D eigenvalue weighted by molar-refractivity contribution is 9.10. The Labute approximate surface area is 135 Å². The molecular formula is C18H22BrNO. The largest absolute Gasteiger partial charge is 0.491 e. The molecule has 112 valence electrons. The quantitative estimate of drug-likeness (QED) is 0.799. The molecule has 0 spiro atoms. The van der Waals surface area contributed by atoms with E-state index < -0.39 is 0 Å². The van der Waals surface area contributed by atoms with Crippen LogP contribution in [0.2, 0.25) is 0 Å². The third-order valence-electron chi connectivity index (χ3n) is 3.18. The molecule has 0 aliphatic heterocycles. The van der Waals surface area contributed by atoms with Gasteiger partial charge in [0.2, 0.25) is 0 Å². The summed E-state index contributed by atoms with van der Waals surface area (Å²) in [6.07, 6.45) is 0.200. The number of nitrogens with one attached hydrogen (secondary N) is 1. The average molecular weight is 348 g/mol. The molecule has 0 radical (unpaired) electrons. The normalized spacial score (nSPS) is 12.4. The van der Waals surface area contributed by atoms with E-state index in [1.807, 2.05) is 32.0 Å². The Morgan fingerprint density at radius 1 is 1.05 bits per heavy atom. The van der Waals surface area contributed by atoms with Crippen molar-refractivity contribution in [3.05, 3.63) is 64.1 Å². The van der Waals surface area contributed by atoms with Gasteiger partial charge < -0.3 is 10.1 Å². The summed E-state index contributed by atoms with van der Waals surface area (Å²) in [4.78, 5) is 0. The number of halogens is 1. The maximum absolute atomic E-state index is 5.71. The summed E-state index contributed by atoms with van der Waals surface area (Å²) in [5.74, 6) is 0.915. The van der Waals surface area contributed by atoms with Gasteiger partial charge in [-0.1, -0.05) is 47.1 Å². The molecule has 1 N–H and O–H groups in total. The summed E-state index contributed by atoms with van der Waals surface area (Å²) < 4.78 is 6.81. The first-order valence-electron chi connectivity index (χ1n) is 7.35. The van der Waals surface area contributed by atoms with E-state index in [1.165, 1.54) is 11.1 Å². The van der Waals surface area contributed by atoms with E-state index >= 15 is 0 Å². The summed E-state index contributed by atoms with van der Waals surface area (Å²) in [5, 5.41) is 3.54. The summed E-state index contributed by atoms with van der Waals surface area (Å²) in [7, 11) is 0. The Morgan fingerprint density at radius 3 is 2.33 bits per heavy atom. The molecule has 0 aromatic heterocycles. The van der Waals surface area contributed by atoms with Gasteiger partial charge in [0, 0.05) is 4.47 Å². The van der Waals surface area contributed by atoms with Crippen LogP contribution in [0.25, 0.3) is 0 Å². The summed E-state index contributed by atoms with van der Waals surface area (Å²) >= 11 is 3.55. The van der Waals surface area contributed by atoms with Crippen molar-refractivity contribution in [1.29, 1.82) is 0 Å². The molecule has 0 aliphatic rings. The van der Waals surface area contributed by atoms with Crippen LogP contribution in [0.5, 0.6) is 5.75 Å². The molecule has 0 aliphatic carbocycles. The molecule has 3 heteroatoms. The standard InChI is InChI=1S/C18H22BrNO/c1-4-20-18(15-6-5-7-16(19)12-15)14-8-10-17(11-9-14)21-13(2)3/h5-13,18,20H,4H2,1-3H3. The molecule has 0 heterocycles. The Kier molecular flexibility index (Phi) is 5.83. The van der Waals surface area contributed by atoms with E-state index in [2.05, 4.69) is 58.5 Å². The van der Waals surface area contributed by atoms with Crippen LogP contribution in [0.3, 0.4) is 0 Å². The highest BCUT2D eigenvalue weighted by Gasteiger charge is 2.13. The van der Waals surface area contributed by atoms with Crippen molar-refractivity contribution in [1.82, 2.24) is 5.32 Å². The molecule has 0 saturated heterocycles. The van der Waals surface area contributed by atoms with Gasteiger partial charge in [0.1, 0.15) is 5.75 Å². The van der Waals surface area contributed by atoms with Crippen LogP contribution in [-0.2, 0) is 0 Å². The van der Waals surface area contributed by atoms with Crippen LogP contribution < -0.4 is 10.1 Å². The van der Waals surface area contributed by atoms with Crippen LogP contribution >= 0.6 is 15.9 Å². The van der Waals surface area contributed by atoms with Gasteiger partial charge in [0.15, 0.2) is 0 Å². The molecule has 0 amide bonds. The average Bonchev–Trinajstić information content (AvgIpc) is 2.45. The lowest BCUT2D eigenvalue weighted by Gasteiger charge is -2.20. The van der Waals surface area contributed by atoms with Gasteiger partial charge in [0.05, 0.1) is 12.1 Å². The second kappa shape index (κ2) is 7.62. The Bertz CT molecular complexity index is 566. The Balaban J connectivity index is 2.26. The number of rotatable bonds is 6. The molecule has 2 aromatic carbocycles. The zero-order chi connectivity index (χ0) is 15.2. The second-order valence-corrected chi connectivity index (χ2v) is 6.20. The molecule has 0 bridgehead atoms. The lowest BCUT2D eigenvalue weighted by molar-refractivity contribution is 0.242. The van der Waals surface area contributed by atoms with Crippen LogP contribution in [0.1, 0.15) is 37.9 Å². The fraction of sp³-hybridized carbons (Fsp3) is 0.333. The second-order valence-electron chi connectivity index (χ2n) is 5.28. The van der Waals surface area contributed by atoms with Gasteiger partial charge in [-0.15, -0.1) is 0 Å². The van der Waals surface area contributed by atoms with Crippen molar-refractivity contribution in [3.63, 3.8) is 0 Å². The number of hydrogen-bond donors (Lipinski definition) is 1. The third-order valence-corrected chi connectivity index (χ3v) is 3.67. The Morgan fingerprint density at radius 2 is 1.76 bits per heavy atom. The third kappa shape index (κ3) is 4.58. The smallest absolute Gasteiger partial charge is 0.119 e. The molecule has 2 rings (SSSR count). The van der Waals surface area contributed by atoms with Crippen LogP contribution in [0.15, 0.2) is 53.0 Å². The molecule has 2 nitrogen and oxygen atoms in total.